The van der Waals surface area contributed by atoms with E-state index in [0.717, 1.165) is 24.9 Å². The van der Waals surface area contributed by atoms with Gasteiger partial charge in [0, 0.05) is 6.04 Å². The van der Waals surface area contributed by atoms with Crippen molar-refractivity contribution in [1.29, 1.82) is 0 Å². The molecule has 17 heavy (non-hydrogen) atoms. The van der Waals surface area contributed by atoms with Crippen LogP contribution in [0.25, 0.3) is 0 Å². The molecule has 4 heteroatoms. The Morgan fingerprint density at radius 2 is 2.29 bits per heavy atom. The SMILES string of the molecule is COc1c(CC2CCCCN2)ccc(F)c1O. The highest BCUT2D eigenvalue weighted by molar-refractivity contribution is 5.47. The molecule has 2 N–H and O–H groups in total. The van der Waals surface area contributed by atoms with Crippen molar-refractivity contribution in [2.45, 2.75) is 31.7 Å². The lowest BCUT2D eigenvalue weighted by molar-refractivity contribution is 0.346. The van der Waals surface area contributed by atoms with Gasteiger partial charge in [0.2, 0.25) is 0 Å². The molecule has 2 rings (SSSR count). The zero-order valence-corrected chi connectivity index (χ0v) is 10.0. The number of phenolic OH excluding ortho intramolecular Hbond substituents is 1. The molecule has 0 radical (unpaired) electrons. The minimum atomic E-state index is -0.637. The van der Waals surface area contributed by atoms with E-state index in [1.54, 1.807) is 6.07 Å². The van der Waals surface area contributed by atoms with Gasteiger partial charge in [-0.25, -0.2) is 4.39 Å². The van der Waals surface area contributed by atoms with Crippen LogP contribution in [-0.2, 0) is 6.42 Å². The number of nitrogens with one attached hydrogen (secondary N) is 1. The first-order valence-electron chi connectivity index (χ1n) is 6.00. The lowest BCUT2D eigenvalue weighted by Gasteiger charge is -2.24. The van der Waals surface area contributed by atoms with Crippen molar-refractivity contribution in [1.82, 2.24) is 5.32 Å². The maximum Gasteiger partial charge on any atom is 0.194 e. The van der Waals surface area contributed by atoms with E-state index < -0.39 is 5.82 Å². The number of piperidine rings is 1. The fourth-order valence-electron chi connectivity index (χ4n) is 2.34. The number of methoxy groups -OCH3 is 1. The summed E-state index contributed by atoms with van der Waals surface area (Å²) in [4.78, 5) is 0. The van der Waals surface area contributed by atoms with Gasteiger partial charge >= 0.3 is 0 Å². The lowest BCUT2D eigenvalue weighted by atomic mass is 9.97. The Balaban J connectivity index is 2.17. The van der Waals surface area contributed by atoms with Gasteiger partial charge in [0.25, 0.3) is 0 Å². The van der Waals surface area contributed by atoms with Gasteiger partial charge in [-0.1, -0.05) is 12.5 Å². The van der Waals surface area contributed by atoms with E-state index in [9.17, 15) is 9.50 Å². The molecule has 0 amide bonds. The fraction of sp³-hybridized carbons (Fsp3) is 0.538. The second-order valence-corrected chi connectivity index (χ2v) is 4.44. The van der Waals surface area contributed by atoms with Gasteiger partial charge in [-0.3, -0.25) is 0 Å². The van der Waals surface area contributed by atoms with Gasteiger partial charge in [0.15, 0.2) is 17.3 Å². The van der Waals surface area contributed by atoms with Crippen LogP contribution in [-0.4, -0.2) is 24.8 Å². The normalized spacial score (nSPS) is 20.2. The number of aromatic hydroxyl groups is 1. The summed E-state index contributed by atoms with van der Waals surface area (Å²) in [6.07, 6.45) is 4.30. The largest absolute Gasteiger partial charge is 0.502 e. The van der Waals surface area contributed by atoms with Crippen LogP contribution in [0.4, 0.5) is 4.39 Å². The third-order valence-electron chi connectivity index (χ3n) is 3.25. The summed E-state index contributed by atoms with van der Waals surface area (Å²) in [5, 5.41) is 13.0. The van der Waals surface area contributed by atoms with Crippen molar-refractivity contribution in [3.8, 4) is 11.5 Å². The molecule has 0 spiro atoms. The molecule has 1 saturated heterocycles. The highest BCUT2D eigenvalue weighted by atomic mass is 19.1. The van der Waals surface area contributed by atoms with Crippen molar-refractivity contribution in [3.63, 3.8) is 0 Å². The van der Waals surface area contributed by atoms with Crippen molar-refractivity contribution in [3.05, 3.63) is 23.5 Å². The number of rotatable bonds is 3. The highest BCUT2D eigenvalue weighted by Crippen LogP contribution is 2.33. The zero-order chi connectivity index (χ0) is 12.3. The van der Waals surface area contributed by atoms with Crippen LogP contribution < -0.4 is 10.1 Å². The average Bonchev–Trinajstić information content (AvgIpc) is 2.36. The van der Waals surface area contributed by atoms with E-state index in [2.05, 4.69) is 5.32 Å². The summed E-state index contributed by atoms with van der Waals surface area (Å²) in [5.74, 6) is -0.764. The van der Waals surface area contributed by atoms with Crippen molar-refractivity contribution in [2.24, 2.45) is 0 Å². The Hall–Kier alpha value is -1.29. The molecule has 3 nitrogen and oxygen atoms in total. The molecule has 0 saturated carbocycles. The summed E-state index contributed by atoms with van der Waals surface area (Å²) in [6, 6.07) is 3.36. The molecule has 1 aromatic rings. The molecule has 1 aromatic carbocycles. The highest BCUT2D eigenvalue weighted by Gasteiger charge is 2.18. The topological polar surface area (TPSA) is 41.5 Å². The van der Waals surface area contributed by atoms with Crippen LogP contribution in [0.3, 0.4) is 0 Å². The Morgan fingerprint density at radius 3 is 2.94 bits per heavy atom. The third kappa shape index (κ3) is 2.69. The fourth-order valence-corrected chi connectivity index (χ4v) is 2.34. The summed E-state index contributed by atoms with van der Waals surface area (Å²) < 4.78 is 18.3. The van der Waals surface area contributed by atoms with Crippen molar-refractivity contribution >= 4 is 0 Å². The van der Waals surface area contributed by atoms with Crippen LogP contribution in [0.2, 0.25) is 0 Å². The molecular formula is C13H18FNO2. The molecular weight excluding hydrogens is 221 g/mol. The molecule has 1 unspecified atom stereocenters. The summed E-state index contributed by atoms with van der Waals surface area (Å²) in [6.45, 7) is 1.03. The van der Waals surface area contributed by atoms with Gasteiger partial charge in [0.1, 0.15) is 0 Å². The third-order valence-corrected chi connectivity index (χ3v) is 3.25. The van der Waals surface area contributed by atoms with E-state index in [1.165, 1.54) is 26.0 Å². The average molecular weight is 239 g/mol. The minimum absolute atomic E-state index is 0.261. The lowest BCUT2D eigenvalue weighted by Crippen LogP contribution is -2.35. The Morgan fingerprint density at radius 1 is 1.47 bits per heavy atom. The molecule has 0 aromatic heterocycles. The van der Waals surface area contributed by atoms with E-state index in [-0.39, 0.29) is 11.5 Å². The molecule has 0 aliphatic carbocycles. The maximum absolute atomic E-state index is 13.2. The van der Waals surface area contributed by atoms with E-state index in [0.29, 0.717) is 6.04 Å². The Labute approximate surface area is 101 Å². The zero-order valence-electron chi connectivity index (χ0n) is 10.0. The predicted octanol–water partition coefficient (Wildman–Crippen LogP) is 2.22. The smallest absolute Gasteiger partial charge is 0.194 e. The second-order valence-electron chi connectivity index (χ2n) is 4.44. The standard InChI is InChI=1S/C13H18FNO2/c1-17-13-9(5-6-11(14)12(13)16)8-10-4-2-3-7-15-10/h5-6,10,15-16H,2-4,7-8H2,1H3. The van der Waals surface area contributed by atoms with Gasteiger partial charge in [-0.15, -0.1) is 0 Å². The summed E-state index contributed by atoms with van der Waals surface area (Å²) >= 11 is 0. The van der Waals surface area contributed by atoms with E-state index in [4.69, 9.17) is 4.74 Å². The molecule has 1 atom stereocenters. The summed E-state index contributed by atoms with van der Waals surface area (Å²) in [7, 11) is 1.45. The Kier molecular flexibility index (Phi) is 3.84. The molecule has 0 bridgehead atoms. The van der Waals surface area contributed by atoms with Crippen LogP contribution in [0, 0.1) is 5.82 Å². The maximum atomic E-state index is 13.2. The Bertz CT molecular complexity index is 389. The van der Waals surface area contributed by atoms with Crippen molar-refractivity contribution in [2.75, 3.05) is 13.7 Å². The van der Waals surface area contributed by atoms with E-state index >= 15 is 0 Å². The number of hydrogen-bond acceptors (Lipinski definition) is 3. The first-order chi connectivity index (χ1) is 8.22. The number of benzene rings is 1. The van der Waals surface area contributed by atoms with Gasteiger partial charge in [-0.05, 0) is 37.4 Å². The predicted molar refractivity (Wildman–Crippen MR) is 64.0 cm³/mol. The van der Waals surface area contributed by atoms with Crippen LogP contribution in [0.15, 0.2) is 12.1 Å². The number of phenols is 1. The van der Waals surface area contributed by atoms with Crippen LogP contribution in [0.1, 0.15) is 24.8 Å². The van der Waals surface area contributed by atoms with Crippen LogP contribution in [0.5, 0.6) is 11.5 Å². The number of halogens is 1. The first kappa shape index (κ1) is 12.2. The number of hydrogen-bond donors (Lipinski definition) is 2. The van der Waals surface area contributed by atoms with Crippen molar-refractivity contribution < 1.29 is 14.2 Å². The number of ether oxygens (including phenoxy) is 1. The molecule has 1 aliphatic rings. The minimum Gasteiger partial charge on any atom is -0.502 e. The monoisotopic (exact) mass is 239 g/mol. The first-order valence-corrected chi connectivity index (χ1v) is 6.00. The van der Waals surface area contributed by atoms with Gasteiger partial charge in [0.05, 0.1) is 7.11 Å². The molecule has 94 valence electrons. The van der Waals surface area contributed by atoms with Crippen LogP contribution >= 0.6 is 0 Å². The van der Waals surface area contributed by atoms with Gasteiger partial charge in [-0.2, -0.15) is 0 Å². The summed E-state index contributed by atoms with van der Waals surface area (Å²) in [5.41, 5.74) is 0.853. The van der Waals surface area contributed by atoms with Gasteiger partial charge < -0.3 is 15.2 Å². The molecule has 1 fully saturated rings. The second kappa shape index (κ2) is 5.36. The quantitative estimate of drug-likeness (QED) is 0.850. The molecule has 1 aliphatic heterocycles. The molecule has 1 heterocycles. The van der Waals surface area contributed by atoms with E-state index in [1.807, 2.05) is 0 Å².